The summed E-state index contributed by atoms with van der Waals surface area (Å²) in [6.07, 6.45) is 1.51. The summed E-state index contributed by atoms with van der Waals surface area (Å²) in [5.41, 5.74) is 0. The van der Waals surface area contributed by atoms with Crippen molar-refractivity contribution in [1.29, 1.82) is 0 Å². The molecular formula is C4H4N4. The van der Waals surface area contributed by atoms with E-state index < -0.39 is 0 Å². The van der Waals surface area contributed by atoms with E-state index in [0.29, 0.717) is 5.82 Å². The summed E-state index contributed by atoms with van der Waals surface area (Å²) in [6, 6.07) is 1.62. The molecule has 1 rings (SSSR count). The highest BCUT2D eigenvalue weighted by Gasteiger charge is 1.81. The Bertz CT molecular complexity index is 171. The lowest BCUT2D eigenvalue weighted by Crippen LogP contribution is -1.81. The van der Waals surface area contributed by atoms with Crippen LogP contribution in [0, 0.1) is 0 Å². The van der Waals surface area contributed by atoms with Gasteiger partial charge in [-0.2, -0.15) is 0 Å². The maximum absolute atomic E-state index is 3.51. The van der Waals surface area contributed by atoms with Crippen molar-refractivity contribution < 1.29 is 0 Å². The van der Waals surface area contributed by atoms with Crippen molar-refractivity contribution in [2.24, 2.45) is 4.99 Å². The van der Waals surface area contributed by atoms with Crippen molar-refractivity contribution >= 4 is 12.5 Å². The number of rotatable bonds is 1. The van der Waals surface area contributed by atoms with Gasteiger partial charge >= 0.3 is 0 Å². The fourth-order valence-electron chi connectivity index (χ4n) is 0.319. The van der Waals surface area contributed by atoms with Crippen molar-refractivity contribution in [2.75, 3.05) is 0 Å². The largest absolute Gasteiger partial charge is 0.243 e. The van der Waals surface area contributed by atoms with Crippen LogP contribution in [0.3, 0.4) is 0 Å². The van der Waals surface area contributed by atoms with Gasteiger partial charge in [0.15, 0.2) is 5.82 Å². The van der Waals surface area contributed by atoms with Crippen LogP contribution >= 0.6 is 0 Å². The van der Waals surface area contributed by atoms with E-state index in [0.717, 1.165) is 0 Å². The average molecular weight is 108 g/mol. The highest BCUT2D eigenvalue weighted by molar-refractivity contribution is 5.37. The number of hydrogen-bond donors (Lipinski definition) is 0. The first kappa shape index (κ1) is 4.83. The fraction of sp³-hybridized carbons (Fsp3) is 0. The number of hydrogen-bond acceptors (Lipinski definition) is 4. The summed E-state index contributed by atoms with van der Waals surface area (Å²) in [6.45, 7) is 3.25. The van der Waals surface area contributed by atoms with Crippen molar-refractivity contribution in [3.63, 3.8) is 0 Å². The zero-order valence-corrected chi connectivity index (χ0v) is 4.15. The van der Waals surface area contributed by atoms with Crippen LogP contribution in [0.5, 0.6) is 0 Å². The maximum Gasteiger partial charge on any atom is 0.177 e. The fourth-order valence-corrected chi connectivity index (χ4v) is 0.319. The molecule has 4 nitrogen and oxygen atoms in total. The monoisotopic (exact) mass is 108 g/mol. The minimum atomic E-state index is 0.500. The van der Waals surface area contributed by atoms with E-state index in [1.54, 1.807) is 6.07 Å². The van der Waals surface area contributed by atoms with Gasteiger partial charge in [0, 0.05) is 6.07 Å². The Labute approximate surface area is 46.3 Å². The second-order valence-electron chi connectivity index (χ2n) is 1.14. The van der Waals surface area contributed by atoms with Gasteiger partial charge in [-0.3, -0.25) is 0 Å². The first-order valence-electron chi connectivity index (χ1n) is 2.04. The molecule has 40 valence electrons. The van der Waals surface area contributed by atoms with Crippen LogP contribution in [0.15, 0.2) is 17.3 Å². The minimum Gasteiger partial charge on any atom is -0.243 e. The van der Waals surface area contributed by atoms with Gasteiger partial charge in [0.05, 0.1) is 6.20 Å². The molecule has 0 saturated carbocycles. The molecule has 0 saturated heterocycles. The smallest absolute Gasteiger partial charge is 0.177 e. The molecule has 4 heteroatoms. The molecule has 0 atom stereocenters. The van der Waals surface area contributed by atoms with Gasteiger partial charge in [-0.1, -0.05) is 0 Å². The molecule has 1 heterocycles. The topological polar surface area (TPSA) is 51.0 Å². The summed E-state index contributed by atoms with van der Waals surface area (Å²) in [7, 11) is 0. The Balaban J connectivity index is 2.99. The van der Waals surface area contributed by atoms with Crippen molar-refractivity contribution in [2.45, 2.75) is 0 Å². The molecule has 0 unspecified atom stereocenters. The molecular weight excluding hydrogens is 104 g/mol. The Morgan fingerprint density at radius 2 is 2.50 bits per heavy atom. The lowest BCUT2D eigenvalue weighted by Gasteiger charge is -1.81. The zero-order valence-electron chi connectivity index (χ0n) is 4.15. The van der Waals surface area contributed by atoms with Gasteiger partial charge < -0.3 is 0 Å². The molecule has 0 spiro atoms. The highest BCUT2D eigenvalue weighted by Crippen LogP contribution is 1.97. The first-order valence-corrected chi connectivity index (χ1v) is 2.04. The first-order chi connectivity index (χ1) is 3.93. The number of aliphatic imine (C=N–C) groups is 1. The third-order valence-corrected chi connectivity index (χ3v) is 0.651. The Hall–Kier alpha value is -1.32. The Kier molecular flexibility index (Phi) is 1.27. The van der Waals surface area contributed by atoms with Gasteiger partial charge in [-0.15, -0.1) is 10.2 Å². The molecule has 0 radical (unpaired) electrons. The van der Waals surface area contributed by atoms with E-state index in [-0.39, 0.29) is 0 Å². The molecule has 0 N–H and O–H groups in total. The van der Waals surface area contributed by atoms with Crippen LogP contribution in [0.25, 0.3) is 0 Å². The molecule has 0 aliphatic rings. The van der Waals surface area contributed by atoms with Crippen LogP contribution in [0.4, 0.5) is 5.82 Å². The van der Waals surface area contributed by atoms with Crippen LogP contribution in [0.2, 0.25) is 0 Å². The van der Waals surface area contributed by atoms with Gasteiger partial charge in [-0.25, -0.2) is 4.99 Å². The predicted molar refractivity (Wildman–Crippen MR) is 29.0 cm³/mol. The van der Waals surface area contributed by atoms with Crippen LogP contribution in [0.1, 0.15) is 0 Å². The second kappa shape index (κ2) is 2.11. The number of aromatic nitrogens is 3. The Morgan fingerprint density at radius 1 is 1.62 bits per heavy atom. The summed E-state index contributed by atoms with van der Waals surface area (Å²) in [4.78, 5) is 3.51. The van der Waals surface area contributed by atoms with Gasteiger partial charge in [-0.05, 0) is 11.9 Å². The molecule has 8 heavy (non-hydrogen) atoms. The lowest BCUT2D eigenvalue weighted by atomic mass is 10.6. The molecule has 1 aromatic rings. The minimum absolute atomic E-state index is 0.500. The van der Waals surface area contributed by atoms with Crippen LogP contribution < -0.4 is 0 Å². The lowest BCUT2D eigenvalue weighted by molar-refractivity contribution is 0.866. The predicted octanol–water partition coefficient (Wildman–Crippen LogP) is 0.204. The van der Waals surface area contributed by atoms with E-state index in [1.807, 2.05) is 0 Å². The van der Waals surface area contributed by atoms with Crippen molar-refractivity contribution in [3.05, 3.63) is 12.3 Å². The van der Waals surface area contributed by atoms with E-state index in [2.05, 4.69) is 27.1 Å². The maximum atomic E-state index is 3.51. The standard InChI is InChI=1S/C4H4N4/c1-5-4-2-3-6-8-7-4/h2-3H,1H2. The SMILES string of the molecule is C=Nc1ccnnn1. The molecule has 0 amide bonds. The van der Waals surface area contributed by atoms with Crippen molar-refractivity contribution in [3.8, 4) is 0 Å². The van der Waals surface area contributed by atoms with E-state index in [1.165, 1.54) is 6.20 Å². The highest BCUT2D eigenvalue weighted by atomic mass is 15.3. The van der Waals surface area contributed by atoms with Crippen LogP contribution in [-0.4, -0.2) is 22.1 Å². The van der Waals surface area contributed by atoms with Crippen molar-refractivity contribution in [1.82, 2.24) is 15.4 Å². The molecule has 1 aromatic heterocycles. The van der Waals surface area contributed by atoms with Crippen LogP contribution in [-0.2, 0) is 0 Å². The quantitative estimate of drug-likeness (QED) is 0.483. The third kappa shape index (κ3) is 0.841. The average Bonchev–Trinajstić information content (AvgIpc) is 1.90. The van der Waals surface area contributed by atoms with Gasteiger partial charge in [0.1, 0.15) is 0 Å². The molecule has 0 fully saturated rings. The summed E-state index contributed by atoms with van der Waals surface area (Å²) in [5.74, 6) is 0.500. The summed E-state index contributed by atoms with van der Waals surface area (Å²) in [5, 5.41) is 10.3. The van der Waals surface area contributed by atoms with E-state index in [9.17, 15) is 0 Å². The second-order valence-corrected chi connectivity index (χ2v) is 1.14. The zero-order chi connectivity index (χ0) is 5.82. The van der Waals surface area contributed by atoms with Gasteiger partial charge in [0.25, 0.3) is 0 Å². The Morgan fingerprint density at radius 3 is 2.88 bits per heavy atom. The summed E-state index contributed by atoms with van der Waals surface area (Å²) >= 11 is 0. The molecule has 0 aromatic carbocycles. The molecule has 0 bridgehead atoms. The summed E-state index contributed by atoms with van der Waals surface area (Å²) < 4.78 is 0. The molecule has 0 aliphatic heterocycles. The number of nitrogens with zero attached hydrogens (tertiary/aromatic N) is 4. The van der Waals surface area contributed by atoms with Gasteiger partial charge in [0.2, 0.25) is 0 Å². The van der Waals surface area contributed by atoms with E-state index >= 15 is 0 Å². The third-order valence-electron chi connectivity index (χ3n) is 0.651. The normalized spacial score (nSPS) is 8.50. The van der Waals surface area contributed by atoms with E-state index in [4.69, 9.17) is 0 Å². The molecule has 0 aliphatic carbocycles.